The van der Waals surface area contributed by atoms with Gasteiger partial charge in [0, 0.05) is 18.4 Å². The molecule has 1 atom stereocenters. The molecule has 4 heteroatoms. The molecule has 0 amide bonds. The van der Waals surface area contributed by atoms with Gasteiger partial charge < -0.3 is 14.0 Å². The molecular formula is C33H52NO3+. The zero-order valence-electron chi connectivity index (χ0n) is 24.1. The van der Waals surface area contributed by atoms with Crippen molar-refractivity contribution in [2.45, 2.75) is 103 Å². The summed E-state index contributed by atoms with van der Waals surface area (Å²) in [6.45, 7) is 6.13. The van der Waals surface area contributed by atoms with E-state index in [1.807, 2.05) is 18.2 Å². The summed E-state index contributed by atoms with van der Waals surface area (Å²) in [5.41, 5.74) is 2.61. The number of ether oxygens (including phenoxy) is 2. The van der Waals surface area contributed by atoms with Gasteiger partial charge in [-0.3, -0.25) is 0 Å². The van der Waals surface area contributed by atoms with E-state index < -0.39 is 0 Å². The van der Waals surface area contributed by atoms with E-state index in [0.717, 1.165) is 31.6 Å². The van der Waals surface area contributed by atoms with Crippen LogP contribution in [0.3, 0.4) is 0 Å². The van der Waals surface area contributed by atoms with E-state index >= 15 is 0 Å². The van der Waals surface area contributed by atoms with Crippen molar-refractivity contribution in [3.8, 4) is 5.75 Å². The van der Waals surface area contributed by atoms with E-state index in [2.05, 4.69) is 64.3 Å². The number of likely N-dealkylation sites (N-methyl/N-ethyl adjacent to an activating group) is 1. The zero-order valence-corrected chi connectivity index (χ0v) is 24.1. The highest BCUT2D eigenvalue weighted by molar-refractivity contribution is 5.74. The molecule has 4 nitrogen and oxygen atoms in total. The van der Waals surface area contributed by atoms with Crippen molar-refractivity contribution in [3.63, 3.8) is 0 Å². The summed E-state index contributed by atoms with van der Waals surface area (Å²) < 4.78 is 12.2. The van der Waals surface area contributed by atoms with Gasteiger partial charge >= 0.3 is 5.97 Å². The highest BCUT2D eigenvalue weighted by atomic mass is 16.5. The van der Waals surface area contributed by atoms with Gasteiger partial charge in [-0.1, -0.05) is 101 Å². The second-order valence-corrected chi connectivity index (χ2v) is 11.0. The first kappa shape index (κ1) is 30.9. The Labute approximate surface area is 227 Å². The Morgan fingerprint density at radius 1 is 0.730 bits per heavy atom. The molecule has 0 saturated carbocycles. The first-order valence-corrected chi connectivity index (χ1v) is 14.7. The second kappa shape index (κ2) is 18.0. The first-order valence-electron chi connectivity index (χ1n) is 14.7. The van der Waals surface area contributed by atoms with Crippen LogP contribution >= 0.6 is 0 Å². The largest absolute Gasteiger partial charge is 0.493 e. The predicted molar refractivity (Wildman–Crippen MR) is 155 cm³/mol. The summed E-state index contributed by atoms with van der Waals surface area (Å²) in [6, 6.07) is 18.7. The highest BCUT2D eigenvalue weighted by Gasteiger charge is 2.35. The van der Waals surface area contributed by atoms with Crippen LogP contribution in [0.4, 0.5) is 0 Å². The minimum atomic E-state index is -0.167. The number of quaternary nitrogens is 1. The summed E-state index contributed by atoms with van der Waals surface area (Å²) in [5, 5.41) is 0. The van der Waals surface area contributed by atoms with Gasteiger partial charge in [-0.25, -0.2) is 4.79 Å². The SMILES string of the molecule is CCCCCCCCCCc1ccc(OCCCOC(=O)C(CCC)[N+](C)(C)Cc2ccccc2)cc1. The van der Waals surface area contributed by atoms with Gasteiger partial charge in [0.2, 0.25) is 0 Å². The fourth-order valence-corrected chi connectivity index (χ4v) is 4.92. The Balaban J connectivity index is 1.64. The first-order chi connectivity index (χ1) is 18.0. The highest BCUT2D eigenvalue weighted by Crippen LogP contribution is 2.20. The molecule has 0 N–H and O–H groups in total. The Kier molecular flexibility index (Phi) is 15.0. The molecule has 2 aromatic rings. The van der Waals surface area contributed by atoms with Gasteiger partial charge in [0.05, 0.1) is 27.3 Å². The molecule has 206 valence electrons. The van der Waals surface area contributed by atoms with Crippen LogP contribution in [-0.4, -0.2) is 43.8 Å². The monoisotopic (exact) mass is 510 g/mol. The predicted octanol–water partition coefficient (Wildman–Crippen LogP) is 8.13. The van der Waals surface area contributed by atoms with Gasteiger partial charge in [0.1, 0.15) is 12.3 Å². The molecule has 0 radical (unpaired) electrons. The molecule has 0 aromatic heterocycles. The number of rotatable bonds is 20. The van der Waals surface area contributed by atoms with Gasteiger partial charge in [-0.2, -0.15) is 0 Å². The van der Waals surface area contributed by atoms with Crippen LogP contribution in [0.5, 0.6) is 5.75 Å². The minimum Gasteiger partial charge on any atom is -0.493 e. The van der Waals surface area contributed by atoms with E-state index in [-0.39, 0.29) is 12.0 Å². The molecule has 0 heterocycles. The van der Waals surface area contributed by atoms with E-state index in [4.69, 9.17) is 9.47 Å². The lowest BCUT2D eigenvalue weighted by Crippen LogP contribution is -2.52. The van der Waals surface area contributed by atoms with Crippen LogP contribution in [0.25, 0.3) is 0 Å². The number of esters is 1. The lowest BCUT2D eigenvalue weighted by atomic mass is 10.0. The number of carbonyl (C=O) groups is 1. The molecule has 2 rings (SSSR count). The standard InChI is InChI=1S/C33H52NO3/c1-5-7-8-9-10-11-12-14-19-29-22-24-31(25-23-29)36-26-17-27-37-33(35)32(18-6-2)34(3,4)28-30-20-15-13-16-21-30/h13,15-16,20-25,32H,5-12,14,17-19,26-28H2,1-4H3/q+1. The summed E-state index contributed by atoms with van der Waals surface area (Å²) >= 11 is 0. The van der Waals surface area contributed by atoms with Crippen molar-refractivity contribution in [2.24, 2.45) is 0 Å². The Bertz CT molecular complexity index is 848. The van der Waals surface area contributed by atoms with Crippen LogP contribution < -0.4 is 4.74 Å². The molecule has 0 aliphatic heterocycles. The Hall–Kier alpha value is -2.33. The fraction of sp³-hybridized carbons (Fsp3) is 0.606. The van der Waals surface area contributed by atoms with Crippen LogP contribution in [-0.2, 0) is 22.5 Å². The van der Waals surface area contributed by atoms with Crippen LogP contribution in [0, 0.1) is 0 Å². The fourth-order valence-electron chi connectivity index (χ4n) is 4.92. The van der Waals surface area contributed by atoms with E-state index in [1.165, 1.54) is 62.5 Å². The third kappa shape index (κ3) is 12.6. The maximum atomic E-state index is 12.9. The van der Waals surface area contributed by atoms with Crippen LogP contribution in [0.1, 0.15) is 95.6 Å². The zero-order chi connectivity index (χ0) is 26.8. The molecule has 1 unspecified atom stereocenters. The van der Waals surface area contributed by atoms with Crippen molar-refractivity contribution >= 4 is 5.97 Å². The van der Waals surface area contributed by atoms with Crippen molar-refractivity contribution < 1.29 is 18.8 Å². The van der Waals surface area contributed by atoms with Crippen LogP contribution in [0.2, 0.25) is 0 Å². The maximum Gasteiger partial charge on any atom is 0.364 e. The average molecular weight is 511 g/mol. The lowest BCUT2D eigenvalue weighted by molar-refractivity contribution is -0.920. The molecular weight excluding hydrogens is 458 g/mol. The number of hydrogen-bond donors (Lipinski definition) is 0. The smallest absolute Gasteiger partial charge is 0.364 e. The quantitative estimate of drug-likeness (QED) is 0.102. The number of hydrogen-bond acceptors (Lipinski definition) is 3. The van der Waals surface area contributed by atoms with Crippen molar-refractivity contribution in [1.82, 2.24) is 0 Å². The van der Waals surface area contributed by atoms with E-state index in [1.54, 1.807) is 0 Å². The van der Waals surface area contributed by atoms with E-state index in [9.17, 15) is 4.79 Å². The Morgan fingerprint density at radius 2 is 1.38 bits per heavy atom. The summed E-state index contributed by atoms with van der Waals surface area (Å²) in [4.78, 5) is 12.9. The van der Waals surface area contributed by atoms with Crippen molar-refractivity contribution in [2.75, 3.05) is 27.3 Å². The lowest BCUT2D eigenvalue weighted by Gasteiger charge is -2.36. The maximum absolute atomic E-state index is 12.9. The number of carbonyl (C=O) groups excluding carboxylic acids is 1. The normalized spacial score (nSPS) is 12.3. The summed E-state index contributed by atoms with van der Waals surface area (Å²) in [7, 11) is 4.24. The molecule has 37 heavy (non-hydrogen) atoms. The number of benzene rings is 2. The molecule has 0 saturated heterocycles. The van der Waals surface area contributed by atoms with E-state index in [0.29, 0.717) is 24.1 Å². The molecule has 0 spiro atoms. The number of aryl methyl sites for hydroxylation is 1. The van der Waals surface area contributed by atoms with Crippen LogP contribution in [0.15, 0.2) is 54.6 Å². The van der Waals surface area contributed by atoms with Gasteiger partial charge in [-0.15, -0.1) is 0 Å². The topological polar surface area (TPSA) is 35.5 Å². The third-order valence-corrected chi connectivity index (χ3v) is 7.15. The van der Waals surface area contributed by atoms with Crippen molar-refractivity contribution in [3.05, 3.63) is 65.7 Å². The third-order valence-electron chi connectivity index (χ3n) is 7.15. The minimum absolute atomic E-state index is 0.104. The second-order valence-electron chi connectivity index (χ2n) is 11.0. The van der Waals surface area contributed by atoms with Gasteiger partial charge in [0.25, 0.3) is 0 Å². The average Bonchev–Trinajstić information content (AvgIpc) is 2.89. The Morgan fingerprint density at radius 3 is 2.03 bits per heavy atom. The molecule has 0 aliphatic rings. The number of nitrogens with zero attached hydrogens (tertiary/aromatic N) is 1. The van der Waals surface area contributed by atoms with Gasteiger partial charge in [-0.05, 0) is 37.0 Å². The molecule has 0 aliphatic carbocycles. The van der Waals surface area contributed by atoms with Crippen molar-refractivity contribution in [1.29, 1.82) is 0 Å². The molecule has 0 fully saturated rings. The summed E-state index contributed by atoms with van der Waals surface area (Å²) in [5.74, 6) is 0.781. The molecule has 2 aromatic carbocycles. The van der Waals surface area contributed by atoms with Gasteiger partial charge in [0.15, 0.2) is 6.04 Å². The number of unbranched alkanes of at least 4 members (excludes halogenated alkanes) is 7. The summed E-state index contributed by atoms with van der Waals surface area (Å²) in [6.07, 6.45) is 14.4. The molecule has 0 bridgehead atoms.